The number of halogens is 3. The summed E-state index contributed by atoms with van der Waals surface area (Å²) in [6.07, 6.45) is -1.38. The van der Waals surface area contributed by atoms with Crippen LogP contribution in [-0.4, -0.2) is 42.8 Å². The summed E-state index contributed by atoms with van der Waals surface area (Å²) in [5, 5.41) is 2.92. The molecule has 0 aromatic rings. The van der Waals surface area contributed by atoms with Crippen molar-refractivity contribution in [3.05, 3.63) is 0 Å². The fourth-order valence-electron chi connectivity index (χ4n) is 2.98. The largest absolute Gasteiger partial charge is 0.394 e. The van der Waals surface area contributed by atoms with Gasteiger partial charge in [-0.3, -0.25) is 4.90 Å². The molecule has 0 aromatic carbocycles. The Bertz CT molecular complexity index is 241. The van der Waals surface area contributed by atoms with Crippen LogP contribution < -0.4 is 5.32 Å². The van der Waals surface area contributed by atoms with Gasteiger partial charge < -0.3 is 5.32 Å². The van der Waals surface area contributed by atoms with Crippen molar-refractivity contribution < 1.29 is 13.2 Å². The Morgan fingerprint density at radius 1 is 1.11 bits per heavy atom. The Balaban J connectivity index is 2.86. The maximum absolute atomic E-state index is 12.9. The lowest BCUT2D eigenvalue weighted by Crippen LogP contribution is -2.51. The molecule has 108 valence electrons. The van der Waals surface area contributed by atoms with Crippen LogP contribution in [0.5, 0.6) is 0 Å². The highest BCUT2D eigenvalue weighted by Crippen LogP contribution is 2.33. The molecule has 18 heavy (non-hydrogen) atoms. The monoisotopic (exact) mass is 266 g/mol. The Labute approximate surface area is 108 Å². The first-order chi connectivity index (χ1) is 8.39. The van der Waals surface area contributed by atoms with E-state index in [1.165, 1.54) is 0 Å². The van der Waals surface area contributed by atoms with Gasteiger partial charge in [0.05, 0.1) is 5.92 Å². The molecule has 1 rings (SSSR count). The van der Waals surface area contributed by atoms with Crippen LogP contribution in [0.4, 0.5) is 13.2 Å². The normalized spacial score (nSPS) is 24.0. The van der Waals surface area contributed by atoms with E-state index in [9.17, 15) is 13.2 Å². The Morgan fingerprint density at radius 3 is 2.11 bits per heavy atom. The molecule has 5 heteroatoms. The fraction of sp³-hybridized carbons (Fsp3) is 1.00. The van der Waals surface area contributed by atoms with Crippen molar-refractivity contribution in [1.82, 2.24) is 10.2 Å². The molecule has 0 saturated carbocycles. The van der Waals surface area contributed by atoms with Crippen molar-refractivity contribution >= 4 is 0 Å². The minimum atomic E-state index is -4.10. The molecule has 0 aliphatic carbocycles. The topological polar surface area (TPSA) is 15.3 Å². The lowest BCUT2D eigenvalue weighted by Gasteiger charge is -2.43. The summed E-state index contributed by atoms with van der Waals surface area (Å²) in [7, 11) is 0. The van der Waals surface area contributed by atoms with Gasteiger partial charge in [-0.15, -0.1) is 0 Å². The average molecular weight is 266 g/mol. The summed E-state index contributed by atoms with van der Waals surface area (Å²) >= 11 is 0. The van der Waals surface area contributed by atoms with Crippen LogP contribution in [0, 0.1) is 5.92 Å². The molecule has 1 aliphatic rings. The SMILES string of the molecule is CCC(CC)(CC)N1CCNCC(C(F)(F)F)C1. The van der Waals surface area contributed by atoms with Crippen molar-refractivity contribution in [2.45, 2.75) is 51.7 Å². The average Bonchev–Trinajstić information content (AvgIpc) is 2.58. The van der Waals surface area contributed by atoms with Gasteiger partial charge in [-0.2, -0.15) is 13.2 Å². The molecule has 0 spiro atoms. The maximum atomic E-state index is 12.9. The van der Waals surface area contributed by atoms with Crippen molar-refractivity contribution in [2.24, 2.45) is 5.92 Å². The second-order valence-corrected chi connectivity index (χ2v) is 5.17. The van der Waals surface area contributed by atoms with Gasteiger partial charge in [0.15, 0.2) is 0 Å². The summed E-state index contributed by atoms with van der Waals surface area (Å²) in [5.41, 5.74) is -0.0739. The van der Waals surface area contributed by atoms with Crippen LogP contribution >= 0.6 is 0 Å². The van der Waals surface area contributed by atoms with E-state index in [0.29, 0.717) is 13.1 Å². The third kappa shape index (κ3) is 3.38. The van der Waals surface area contributed by atoms with Crippen molar-refractivity contribution in [2.75, 3.05) is 26.2 Å². The molecule has 0 bridgehead atoms. The minimum Gasteiger partial charge on any atom is -0.315 e. The first-order valence-corrected chi connectivity index (χ1v) is 6.92. The zero-order valence-corrected chi connectivity index (χ0v) is 11.6. The fourth-order valence-corrected chi connectivity index (χ4v) is 2.98. The predicted molar refractivity (Wildman–Crippen MR) is 67.6 cm³/mol. The third-order valence-electron chi connectivity index (χ3n) is 4.50. The van der Waals surface area contributed by atoms with E-state index < -0.39 is 12.1 Å². The second kappa shape index (κ2) is 6.24. The number of nitrogens with one attached hydrogen (secondary N) is 1. The van der Waals surface area contributed by atoms with E-state index in [2.05, 4.69) is 31.0 Å². The third-order valence-corrected chi connectivity index (χ3v) is 4.50. The van der Waals surface area contributed by atoms with Crippen molar-refractivity contribution in [1.29, 1.82) is 0 Å². The van der Waals surface area contributed by atoms with Crippen LogP contribution in [0.15, 0.2) is 0 Å². The van der Waals surface area contributed by atoms with Gasteiger partial charge in [0.25, 0.3) is 0 Å². The molecule has 0 amide bonds. The molecule has 2 nitrogen and oxygen atoms in total. The zero-order chi connectivity index (χ0) is 13.8. The molecule has 0 radical (unpaired) electrons. The maximum Gasteiger partial charge on any atom is 0.394 e. The minimum absolute atomic E-state index is 0.0488. The van der Waals surface area contributed by atoms with E-state index in [-0.39, 0.29) is 18.6 Å². The number of nitrogens with zero attached hydrogens (tertiary/aromatic N) is 1. The molecular formula is C13H25F3N2. The lowest BCUT2D eigenvalue weighted by molar-refractivity contribution is -0.179. The smallest absolute Gasteiger partial charge is 0.315 e. The molecule has 1 unspecified atom stereocenters. The van der Waals surface area contributed by atoms with Gasteiger partial charge in [-0.05, 0) is 19.3 Å². The predicted octanol–water partition coefficient (Wildman–Crippen LogP) is 3.04. The van der Waals surface area contributed by atoms with Crippen molar-refractivity contribution in [3.63, 3.8) is 0 Å². The number of hydrogen-bond acceptors (Lipinski definition) is 2. The Kier molecular flexibility index (Phi) is 5.46. The Hall–Kier alpha value is -0.290. The van der Waals surface area contributed by atoms with Gasteiger partial charge in [0.1, 0.15) is 0 Å². The summed E-state index contributed by atoms with van der Waals surface area (Å²) in [4.78, 5) is 2.06. The van der Waals surface area contributed by atoms with Crippen LogP contribution in [0.3, 0.4) is 0 Å². The summed E-state index contributed by atoms with van der Waals surface area (Å²) < 4.78 is 38.8. The molecule has 1 aliphatic heterocycles. The Morgan fingerprint density at radius 2 is 1.67 bits per heavy atom. The van der Waals surface area contributed by atoms with Gasteiger partial charge >= 0.3 is 6.18 Å². The van der Waals surface area contributed by atoms with Gasteiger partial charge in [0.2, 0.25) is 0 Å². The molecule has 0 aromatic heterocycles. The van der Waals surface area contributed by atoms with Crippen LogP contribution in [0.1, 0.15) is 40.0 Å². The van der Waals surface area contributed by atoms with Gasteiger partial charge in [-0.1, -0.05) is 20.8 Å². The molecule has 1 heterocycles. The quantitative estimate of drug-likeness (QED) is 0.841. The highest BCUT2D eigenvalue weighted by molar-refractivity contribution is 4.91. The first-order valence-electron chi connectivity index (χ1n) is 6.92. The number of rotatable bonds is 4. The number of hydrogen-bond donors (Lipinski definition) is 1. The standard InChI is InChI=1S/C13H25F3N2/c1-4-12(5-2,6-3)18-8-7-17-9-11(10-18)13(14,15)16/h11,17H,4-10H2,1-3H3. The molecule has 1 atom stereocenters. The zero-order valence-electron chi connectivity index (χ0n) is 11.6. The van der Waals surface area contributed by atoms with Crippen molar-refractivity contribution in [3.8, 4) is 0 Å². The molecule has 1 saturated heterocycles. The van der Waals surface area contributed by atoms with Crippen LogP contribution in [0.2, 0.25) is 0 Å². The highest BCUT2D eigenvalue weighted by atomic mass is 19.4. The van der Waals surface area contributed by atoms with E-state index in [4.69, 9.17) is 0 Å². The van der Waals surface area contributed by atoms with E-state index in [1.807, 2.05) is 0 Å². The van der Waals surface area contributed by atoms with Gasteiger partial charge in [0, 0.05) is 31.7 Å². The molecule has 1 N–H and O–H groups in total. The summed E-state index contributed by atoms with van der Waals surface area (Å²) in [5.74, 6) is -1.25. The van der Waals surface area contributed by atoms with E-state index in [1.54, 1.807) is 0 Å². The molecule has 1 fully saturated rings. The number of alkyl halides is 3. The van der Waals surface area contributed by atoms with Crippen LogP contribution in [-0.2, 0) is 0 Å². The molecular weight excluding hydrogens is 241 g/mol. The van der Waals surface area contributed by atoms with E-state index in [0.717, 1.165) is 19.3 Å². The van der Waals surface area contributed by atoms with Crippen LogP contribution in [0.25, 0.3) is 0 Å². The highest BCUT2D eigenvalue weighted by Gasteiger charge is 2.44. The second-order valence-electron chi connectivity index (χ2n) is 5.17. The van der Waals surface area contributed by atoms with E-state index >= 15 is 0 Å². The first kappa shape index (κ1) is 15.8. The summed E-state index contributed by atoms with van der Waals surface area (Å²) in [6, 6.07) is 0. The van der Waals surface area contributed by atoms with Gasteiger partial charge in [-0.25, -0.2) is 0 Å². The summed E-state index contributed by atoms with van der Waals surface area (Å²) in [6.45, 7) is 7.77. The lowest BCUT2D eigenvalue weighted by atomic mass is 9.87.